The maximum atomic E-state index is 13.4. The summed E-state index contributed by atoms with van der Waals surface area (Å²) in [5.74, 6) is 1.66. The largest absolute Gasteiger partial charge is 0.507 e. The van der Waals surface area contributed by atoms with Crippen LogP contribution in [0.2, 0.25) is 0 Å². The maximum Gasteiger partial charge on any atom is 0.266 e. The first-order valence-electron chi connectivity index (χ1n) is 28.8. The molecule has 434 valence electrons. The van der Waals surface area contributed by atoms with Crippen LogP contribution in [-0.2, 0) is 19.3 Å². The van der Waals surface area contributed by atoms with Crippen molar-refractivity contribution in [2.45, 2.75) is 67.7 Å². The van der Waals surface area contributed by atoms with Gasteiger partial charge in [0.1, 0.15) is 29.3 Å². The number of aryl methyl sites for hydroxylation is 7. The van der Waals surface area contributed by atoms with Gasteiger partial charge in [0.25, 0.3) is 16.7 Å². The van der Waals surface area contributed by atoms with E-state index in [2.05, 4.69) is 49.8 Å². The highest BCUT2D eigenvalue weighted by atomic mass is 16.3. The predicted molar refractivity (Wildman–Crippen MR) is 351 cm³/mol. The van der Waals surface area contributed by atoms with Crippen molar-refractivity contribution in [2.75, 3.05) is 0 Å². The van der Waals surface area contributed by atoms with E-state index in [0.717, 1.165) is 74.7 Å². The number of aromatic hydroxyl groups is 1. The number of para-hydroxylation sites is 4. The van der Waals surface area contributed by atoms with E-state index >= 15 is 0 Å². The van der Waals surface area contributed by atoms with Crippen LogP contribution in [0.1, 0.15) is 99.8 Å². The molecule has 12 aromatic rings. The first kappa shape index (κ1) is 59.7. The molecule has 16 nitrogen and oxygen atoms in total. The summed E-state index contributed by atoms with van der Waals surface area (Å²) in [6, 6.07) is 41.5. The van der Waals surface area contributed by atoms with Crippen molar-refractivity contribution in [1.82, 2.24) is 53.6 Å². The van der Waals surface area contributed by atoms with E-state index in [1.54, 1.807) is 101 Å². The lowest BCUT2D eigenvalue weighted by molar-refractivity contribution is 0.467. The second kappa shape index (κ2) is 27.1. The Morgan fingerprint density at radius 1 is 0.477 bits per heavy atom. The molecule has 1 N–H and O–H groups in total. The van der Waals surface area contributed by atoms with E-state index < -0.39 is 0 Å². The third-order valence-corrected chi connectivity index (χ3v) is 14.8. The molecular formula is C72H62N12O4. The van der Waals surface area contributed by atoms with Gasteiger partial charge in [0.15, 0.2) is 0 Å². The highest BCUT2D eigenvalue weighted by molar-refractivity contribution is 5.82. The molecule has 88 heavy (non-hydrogen) atoms. The number of aromatic nitrogens is 11. The Labute approximate surface area is 508 Å². The van der Waals surface area contributed by atoms with Crippen LogP contribution >= 0.6 is 0 Å². The van der Waals surface area contributed by atoms with Crippen LogP contribution < -0.4 is 16.7 Å². The smallest absolute Gasteiger partial charge is 0.266 e. The molecular weight excluding hydrogens is 1100 g/mol. The third-order valence-electron chi connectivity index (χ3n) is 14.8. The fourth-order valence-corrected chi connectivity index (χ4v) is 10.3. The minimum atomic E-state index is -0.295. The number of hydrogen-bond acceptors (Lipinski definition) is 13. The van der Waals surface area contributed by atoms with Gasteiger partial charge in [0, 0.05) is 41.7 Å². The third kappa shape index (κ3) is 12.8. The Morgan fingerprint density at radius 3 is 1.50 bits per heavy atom. The van der Waals surface area contributed by atoms with Gasteiger partial charge in [0.2, 0.25) is 0 Å². The second-order valence-corrected chi connectivity index (χ2v) is 20.7. The SMILES string of the molecule is CCc1cc(/C=C/c2nc3cnccc3c(=O)n2-c2c(C)cccc2C)ccn1.CCc1cccc(/C=C/c2nc3cnccc3c(=O)n2-c2c(C)cccc2C)n1.CCc1cccc(/C=C/c2nc3cnccc3c(=O)n2-c2ccccc2C#N)c1O. The van der Waals surface area contributed by atoms with Crippen LogP contribution in [0.5, 0.6) is 5.75 Å². The van der Waals surface area contributed by atoms with Gasteiger partial charge in [-0.1, -0.05) is 99.6 Å². The van der Waals surface area contributed by atoms with Crippen molar-refractivity contribution in [3.8, 4) is 28.9 Å². The van der Waals surface area contributed by atoms with Crippen molar-refractivity contribution < 1.29 is 5.11 Å². The number of rotatable bonds is 12. The van der Waals surface area contributed by atoms with Crippen LogP contribution in [0.25, 0.3) is 86.2 Å². The lowest BCUT2D eigenvalue weighted by Crippen LogP contribution is -2.24. The molecule has 0 radical (unpaired) electrons. The maximum absolute atomic E-state index is 13.4. The molecule has 0 bridgehead atoms. The van der Waals surface area contributed by atoms with E-state index in [9.17, 15) is 24.8 Å². The van der Waals surface area contributed by atoms with Gasteiger partial charge >= 0.3 is 0 Å². The van der Waals surface area contributed by atoms with Gasteiger partial charge in [-0.25, -0.2) is 15.0 Å². The lowest BCUT2D eigenvalue weighted by Gasteiger charge is -2.16. The minimum absolute atomic E-state index is 0.0987. The molecule has 0 aliphatic heterocycles. The second-order valence-electron chi connectivity index (χ2n) is 20.7. The quantitative estimate of drug-likeness (QED) is 0.121. The monoisotopic (exact) mass is 1160 g/mol. The number of nitrogens with zero attached hydrogens (tertiary/aromatic N) is 12. The highest BCUT2D eigenvalue weighted by Gasteiger charge is 2.18. The first-order valence-corrected chi connectivity index (χ1v) is 28.8. The standard InChI is InChI=1S/C24H18N4O2.2C24H22N4O/c1-2-16-7-5-8-17(23(16)29)10-11-22-27-20-15-26-13-12-19(20)24(30)28(22)21-9-4-3-6-18(21)14-25;1-4-18-9-6-10-19(26-18)11-12-22-27-21-15-25-14-13-20(21)24(29)28(22)23-16(2)7-5-8-17(23)3;1-4-19-14-18(10-13-26-19)8-9-22-27-21-15-25-12-11-20(21)24(29)28(22)23-16(2)6-5-7-17(23)3/h3-13,15,29H,2H2,1H3;2*5-15H,4H2,1-3H3/b11-10+;12-11+;9-8+. The molecule has 0 aliphatic rings. The Kier molecular flexibility index (Phi) is 18.4. The predicted octanol–water partition coefficient (Wildman–Crippen LogP) is 13.1. The Bertz CT molecular complexity index is 4690. The molecule has 0 amide bonds. The Morgan fingerprint density at radius 2 is 0.966 bits per heavy atom. The summed E-state index contributed by atoms with van der Waals surface area (Å²) in [4.78, 5) is 75.5. The highest BCUT2D eigenvalue weighted by Crippen LogP contribution is 2.27. The van der Waals surface area contributed by atoms with E-state index in [1.807, 2.05) is 138 Å². The van der Waals surface area contributed by atoms with Gasteiger partial charge in [-0.2, -0.15) is 5.26 Å². The number of fused-ring (bicyclic) bond motifs is 3. The molecule has 0 atom stereocenters. The van der Waals surface area contributed by atoms with Gasteiger partial charge in [-0.05, 0) is 165 Å². The van der Waals surface area contributed by atoms with Crippen molar-refractivity contribution in [2.24, 2.45) is 0 Å². The van der Waals surface area contributed by atoms with Crippen molar-refractivity contribution in [3.05, 3.63) is 281 Å². The normalized spacial score (nSPS) is 11.3. The van der Waals surface area contributed by atoms with Gasteiger partial charge in [-0.3, -0.25) is 53.0 Å². The number of phenolic OH excluding ortho intramolecular Hbond substituents is 1. The molecule has 8 heterocycles. The first-order chi connectivity index (χ1) is 42.8. The average Bonchev–Trinajstić information content (AvgIpc) is 1.59. The van der Waals surface area contributed by atoms with Gasteiger partial charge in [0.05, 0.1) is 79.6 Å². The zero-order valence-electron chi connectivity index (χ0n) is 49.8. The summed E-state index contributed by atoms with van der Waals surface area (Å²) in [6.45, 7) is 14.1. The van der Waals surface area contributed by atoms with Crippen LogP contribution in [0.4, 0.5) is 0 Å². The van der Waals surface area contributed by atoms with Crippen molar-refractivity contribution in [3.63, 3.8) is 0 Å². The van der Waals surface area contributed by atoms with E-state index in [1.165, 1.54) is 17.0 Å². The molecule has 0 aliphatic carbocycles. The fraction of sp³-hybridized carbons (Fsp3) is 0.139. The van der Waals surface area contributed by atoms with Gasteiger partial charge in [-0.15, -0.1) is 0 Å². The molecule has 12 rings (SSSR count). The summed E-state index contributed by atoms with van der Waals surface area (Å²) in [5.41, 5.74) is 13.1. The van der Waals surface area contributed by atoms with E-state index in [0.29, 0.717) is 73.4 Å². The zero-order chi connectivity index (χ0) is 61.8. The molecule has 16 heteroatoms. The molecule has 8 aromatic heterocycles. The van der Waals surface area contributed by atoms with Crippen LogP contribution in [0, 0.1) is 39.0 Å². The van der Waals surface area contributed by atoms with Crippen molar-refractivity contribution in [1.29, 1.82) is 5.26 Å². The molecule has 0 fully saturated rings. The lowest BCUT2D eigenvalue weighted by atomic mass is 10.1. The fourth-order valence-electron chi connectivity index (χ4n) is 10.3. The summed E-state index contributed by atoms with van der Waals surface area (Å²) < 4.78 is 4.80. The zero-order valence-corrected chi connectivity index (χ0v) is 49.8. The molecule has 0 unspecified atom stereocenters. The Hall–Kier alpha value is -11.4. The van der Waals surface area contributed by atoms with Crippen molar-refractivity contribution >= 4 is 69.2 Å². The minimum Gasteiger partial charge on any atom is -0.507 e. The number of hydrogen-bond donors (Lipinski definition) is 1. The van der Waals surface area contributed by atoms with Crippen LogP contribution in [0.15, 0.2) is 185 Å². The molecule has 4 aromatic carbocycles. The van der Waals surface area contributed by atoms with E-state index in [-0.39, 0.29) is 22.4 Å². The molecule has 0 saturated heterocycles. The number of phenols is 1. The summed E-state index contributed by atoms with van der Waals surface area (Å²) in [5, 5.41) is 21.5. The topological polar surface area (TPSA) is 213 Å². The van der Waals surface area contributed by atoms with E-state index in [4.69, 9.17) is 9.97 Å². The van der Waals surface area contributed by atoms with Gasteiger partial charge < -0.3 is 5.11 Å². The molecule has 0 spiro atoms. The summed E-state index contributed by atoms with van der Waals surface area (Å²) >= 11 is 0. The number of benzene rings is 4. The Balaban J connectivity index is 0.000000146. The van der Waals surface area contributed by atoms with Crippen LogP contribution in [-0.4, -0.2) is 58.7 Å². The van der Waals surface area contributed by atoms with Crippen LogP contribution in [0.3, 0.4) is 0 Å². The summed E-state index contributed by atoms with van der Waals surface area (Å²) in [6.07, 6.45) is 24.8. The number of pyridine rings is 5. The molecule has 0 saturated carbocycles. The number of nitriles is 1. The average molecular weight is 1160 g/mol. The summed E-state index contributed by atoms with van der Waals surface area (Å²) in [7, 11) is 0.